The molecule has 1 saturated carbocycles. The minimum atomic E-state index is 0.223. The van der Waals surface area contributed by atoms with Crippen molar-refractivity contribution in [1.29, 1.82) is 0 Å². The standard InChI is InChI=1S/C19H23NO/c1-13-4-11-18(14(2)12-13)19(20-3)15-5-7-16(8-6-15)21-17-9-10-17/h4-8,11-12,17,19-20H,9-10H2,1-3H3. The van der Waals surface area contributed by atoms with Crippen LogP contribution in [0.15, 0.2) is 42.5 Å². The Bertz CT molecular complexity index is 614. The quantitative estimate of drug-likeness (QED) is 0.889. The van der Waals surface area contributed by atoms with Crippen molar-refractivity contribution in [2.45, 2.75) is 38.8 Å². The minimum absolute atomic E-state index is 0.223. The topological polar surface area (TPSA) is 21.3 Å². The molecule has 1 fully saturated rings. The van der Waals surface area contributed by atoms with E-state index in [2.05, 4.69) is 61.6 Å². The smallest absolute Gasteiger partial charge is 0.119 e. The van der Waals surface area contributed by atoms with Crippen molar-refractivity contribution in [2.24, 2.45) is 0 Å². The average molecular weight is 281 g/mol. The maximum absolute atomic E-state index is 5.82. The van der Waals surface area contributed by atoms with E-state index in [1.54, 1.807) is 0 Å². The van der Waals surface area contributed by atoms with Crippen LogP contribution in [0.4, 0.5) is 0 Å². The molecule has 0 aromatic heterocycles. The summed E-state index contributed by atoms with van der Waals surface area (Å²) in [6.07, 6.45) is 2.85. The molecule has 0 spiro atoms. The van der Waals surface area contributed by atoms with Crippen LogP contribution in [0.25, 0.3) is 0 Å². The molecule has 2 aromatic carbocycles. The summed E-state index contributed by atoms with van der Waals surface area (Å²) in [5.41, 5.74) is 5.23. The number of hydrogen-bond acceptors (Lipinski definition) is 2. The number of benzene rings is 2. The Kier molecular flexibility index (Phi) is 3.98. The lowest BCUT2D eigenvalue weighted by Gasteiger charge is -2.20. The van der Waals surface area contributed by atoms with Crippen LogP contribution in [0, 0.1) is 13.8 Å². The Morgan fingerprint density at radius 3 is 2.33 bits per heavy atom. The zero-order chi connectivity index (χ0) is 14.8. The maximum atomic E-state index is 5.82. The van der Waals surface area contributed by atoms with Gasteiger partial charge in [-0.05, 0) is 62.6 Å². The molecule has 0 bridgehead atoms. The molecule has 21 heavy (non-hydrogen) atoms. The predicted octanol–water partition coefficient (Wildman–Crippen LogP) is 4.15. The summed E-state index contributed by atoms with van der Waals surface area (Å²) in [6, 6.07) is 15.4. The molecule has 2 aromatic rings. The first-order valence-corrected chi connectivity index (χ1v) is 7.68. The van der Waals surface area contributed by atoms with Crippen LogP contribution in [0.1, 0.15) is 41.1 Å². The molecular formula is C19H23NO. The van der Waals surface area contributed by atoms with Crippen LogP contribution >= 0.6 is 0 Å². The van der Waals surface area contributed by atoms with E-state index in [0.717, 1.165) is 5.75 Å². The van der Waals surface area contributed by atoms with Crippen molar-refractivity contribution in [3.63, 3.8) is 0 Å². The van der Waals surface area contributed by atoms with Crippen LogP contribution in [-0.2, 0) is 0 Å². The molecule has 1 aliphatic carbocycles. The molecule has 0 saturated heterocycles. The SMILES string of the molecule is CNC(c1ccc(OC2CC2)cc1)c1ccc(C)cc1C. The lowest BCUT2D eigenvalue weighted by molar-refractivity contribution is 0.303. The fourth-order valence-electron chi connectivity index (χ4n) is 2.77. The van der Waals surface area contributed by atoms with Gasteiger partial charge in [-0.1, -0.05) is 35.9 Å². The van der Waals surface area contributed by atoms with Gasteiger partial charge in [0, 0.05) is 0 Å². The molecule has 0 aliphatic heterocycles. The zero-order valence-corrected chi connectivity index (χ0v) is 13.0. The first kappa shape index (κ1) is 14.2. The zero-order valence-electron chi connectivity index (χ0n) is 13.0. The summed E-state index contributed by atoms with van der Waals surface area (Å²) in [5.74, 6) is 0.983. The van der Waals surface area contributed by atoms with Gasteiger partial charge in [-0.2, -0.15) is 0 Å². The molecule has 0 heterocycles. The van der Waals surface area contributed by atoms with E-state index in [4.69, 9.17) is 4.74 Å². The molecule has 3 rings (SSSR count). The van der Waals surface area contributed by atoms with Gasteiger partial charge in [0.25, 0.3) is 0 Å². The van der Waals surface area contributed by atoms with Gasteiger partial charge in [0.1, 0.15) is 5.75 Å². The Morgan fingerprint density at radius 2 is 1.76 bits per heavy atom. The van der Waals surface area contributed by atoms with Gasteiger partial charge in [-0.25, -0.2) is 0 Å². The van der Waals surface area contributed by atoms with E-state index in [-0.39, 0.29) is 6.04 Å². The molecule has 1 N–H and O–H groups in total. The van der Waals surface area contributed by atoms with Crippen LogP contribution < -0.4 is 10.1 Å². The van der Waals surface area contributed by atoms with E-state index in [9.17, 15) is 0 Å². The van der Waals surface area contributed by atoms with Crippen molar-refractivity contribution in [3.05, 3.63) is 64.7 Å². The van der Waals surface area contributed by atoms with E-state index in [1.807, 2.05) is 7.05 Å². The third-order valence-electron chi connectivity index (χ3n) is 4.07. The van der Waals surface area contributed by atoms with Gasteiger partial charge < -0.3 is 10.1 Å². The maximum Gasteiger partial charge on any atom is 0.119 e. The average Bonchev–Trinajstić information content (AvgIpc) is 3.27. The third kappa shape index (κ3) is 3.27. The molecular weight excluding hydrogens is 258 g/mol. The highest BCUT2D eigenvalue weighted by Crippen LogP contribution is 2.29. The first-order chi connectivity index (χ1) is 10.2. The molecule has 2 heteroatoms. The summed E-state index contributed by atoms with van der Waals surface area (Å²) < 4.78 is 5.82. The van der Waals surface area contributed by atoms with Crippen molar-refractivity contribution < 1.29 is 4.74 Å². The van der Waals surface area contributed by atoms with Crippen molar-refractivity contribution in [2.75, 3.05) is 7.05 Å². The number of hydrogen-bond donors (Lipinski definition) is 1. The predicted molar refractivity (Wildman–Crippen MR) is 86.9 cm³/mol. The number of nitrogens with one attached hydrogen (secondary N) is 1. The molecule has 1 atom stereocenters. The molecule has 0 amide bonds. The summed E-state index contributed by atoms with van der Waals surface area (Å²) in [4.78, 5) is 0. The fraction of sp³-hybridized carbons (Fsp3) is 0.368. The lowest BCUT2D eigenvalue weighted by Crippen LogP contribution is -2.18. The van der Waals surface area contributed by atoms with Crippen molar-refractivity contribution in [1.82, 2.24) is 5.32 Å². The second-order valence-corrected chi connectivity index (χ2v) is 5.97. The van der Waals surface area contributed by atoms with E-state index >= 15 is 0 Å². The number of rotatable bonds is 5. The van der Waals surface area contributed by atoms with Crippen LogP contribution in [0.3, 0.4) is 0 Å². The summed E-state index contributed by atoms with van der Waals surface area (Å²) in [5, 5.41) is 3.43. The normalized spacial score (nSPS) is 15.8. The van der Waals surface area contributed by atoms with Gasteiger partial charge in [-0.15, -0.1) is 0 Å². The van der Waals surface area contributed by atoms with Crippen molar-refractivity contribution >= 4 is 0 Å². The highest BCUT2D eigenvalue weighted by Gasteiger charge is 2.23. The van der Waals surface area contributed by atoms with Crippen LogP contribution in [-0.4, -0.2) is 13.2 Å². The second-order valence-electron chi connectivity index (χ2n) is 5.97. The lowest BCUT2D eigenvalue weighted by atomic mass is 9.94. The first-order valence-electron chi connectivity index (χ1n) is 7.68. The van der Waals surface area contributed by atoms with Crippen molar-refractivity contribution in [3.8, 4) is 5.75 Å². The van der Waals surface area contributed by atoms with E-state index in [0.29, 0.717) is 6.10 Å². The Hall–Kier alpha value is -1.80. The highest BCUT2D eigenvalue weighted by atomic mass is 16.5. The fourth-order valence-corrected chi connectivity index (χ4v) is 2.77. The highest BCUT2D eigenvalue weighted by molar-refractivity contribution is 5.40. The molecule has 1 aliphatic rings. The number of ether oxygens (including phenoxy) is 1. The summed E-state index contributed by atoms with van der Waals surface area (Å²) in [7, 11) is 2.01. The van der Waals surface area contributed by atoms with E-state index < -0.39 is 0 Å². The molecule has 1 unspecified atom stereocenters. The van der Waals surface area contributed by atoms with E-state index in [1.165, 1.54) is 35.1 Å². The molecule has 110 valence electrons. The number of aryl methyl sites for hydroxylation is 2. The van der Waals surface area contributed by atoms with Gasteiger partial charge >= 0.3 is 0 Å². The Labute approximate surface area is 127 Å². The largest absolute Gasteiger partial charge is 0.490 e. The van der Waals surface area contributed by atoms with Gasteiger partial charge in [0.05, 0.1) is 12.1 Å². The van der Waals surface area contributed by atoms with Gasteiger partial charge in [0.15, 0.2) is 0 Å². The molecule has 0 radical (unpaired) electrons. The summed E-state index contributed by atoms with van der Waals surface area (Å²) in [6.45, 7) is 4.31. The second kappa shape index (κ2) is 5.90. The van der Waals surface area contributed by atoms with Gasteiger partial charge in [-0.3, -0.25) is 0 Å². The third-order valence-corrected chi connectivity index (χ3v) is 4.07. The van der Waals surface area contributed by atoms with Crippen LogP contribution in [0.2, 0.25) is 0 Å². The van der Waals surface area contributed by atoms with Crippen LogP contribution in [0.5, 0.6) is 5.75 Å². The monoisotopic (exact) mass is 281 g/mol. The molecule has 2 nitrogen and oxygen atoms in total. The minimum Gasteiger partial charge on any atom is -0.490 e. The summed E-state index contributed by atoms with van der Waals surface area (Å²) >= 11 is 0. The van der Waals surface area contributed by atoms with Gasteiger partial charge in [0.2, 0.25) is 0 Å². The Morgan fingerprint density at radius 1 is 1.05 bits per heavy atom. The Balaban J connectivity index is 1.84.